The number of carbonyl (C=O) groups excluding carboxylic acids is 1. The Labute approximate surface area is 147 Å². The average molecular weight is 344 g/mol. The molecule has 128 valence electrons. The highest BCUT2D eigenvalue weighted by atomic mass is 32.1. The van der Waals surface area contributed by atoms with Crippen LogP contribution in [0.1, 0.15) is 19.4 Å². The first-order chi connectivity index (χ1) is 11.6. The molecule has 1 aliphatic heterocycles. The molecule has 2 atom stereocenters. The fourth-order valence-electron chi connectivity index (χ4n) is 3.50. The van der Waals surface area contributed by atoms with Crippen molar-refractivity contribution in [3.8, 4) is 0 Å². The van der Waals surface area contributed by atoms with Crippen LogP contribution in [0.15, 0.2) is 41.9 Å². The second kappa shape index (κ2) is 7.77. The van der Waals surface area contributed by atoms with Crippen molar-refractivity contribution in [1.82, 2.24) is 15.2 Å². The zero-order valence-corrected chi connectivity index (χ0v) is 14.9. The van der Waals surface area contributed by atoms with Crippen LogP contribution in [0.5, 0.6) is 0 Å². The molecular weight excluding hydrogens is 320 g/mol. The van der Waals surface area contributed by atoms with Crippen LogP contribution >= 0.6 is 11.3 Å². The van der Waals surface area contributed by atoms with Crippen LogP contribution in [0.2, 0.25) is 0 Å². The number of rotatable bonds is 4. The van der Waals surface area contributed by atoms with Crippen LogP contribution in [0.25, 0.3) is 0 Å². The lowest BCUT2D eigenvalue weighted by molar-refractivity contribution is 0.0994. The van der Waals surface area contributed by atoms with E-state index in [1.54, 1.807) is 6.20 Å². The molecule has 0 spiro atoms. The van der Waals surface area contributed by atoms with Gasteiger partial charge in [-0.25, -0.2) is 9.78 Å². The SMILES string of the molecule is C[C@@H]1CN(Cc2ccccc2)C[C@@H](C)C1NC(=O)Nc1nccs1. The number of nitrogens with zero attached hydrogens (tertiary/aromatic N) is 2. The van der Waals surface area contributed by atoms with Gasteiger partial charge in [-0.15, -0.1) is 11.3 Å². The summed E-state index contributed by atoms with van der Waals surface area (Å²) in [5.41, 5.74) is 1.34. The van der Waals surface area contributed by atoms with Gasteiger partial charge in [0.25, 0.3) is 0 Å². The number of thiazole rings is 1. The van der Waals surface area contributed by atoms with Crippen LogP contribution in [0.3, 0.4) is 0 Å². The number of anilines is 1. The number of carbonyl (C=O) groups is 1. The van der Waals surface area contributed by atoms with Gasteiger partial charge in [-0.1, -0.05) is 44.2 Å². The number of nitrogens with one attached hydrogen (secondary N) is 2. The number of likely N-dealkylation sites (tertiary alicyclic amines) is 1. The molecule has 0 saturated carbocycles. The molecule has 0 bridgehead atoms. The fourth-order valence-corrected chi connectivity index (χ4v) is 4.03. The smallest absolute Gasteiger partial charge is 0.321 e. The Morgan fingerprint density at radius 1 is 1.25 bits per heavy atom. The Balaban J connectivity index is 1.54. The zero-order chi connectivity index (χ0) is 16.9. The average Bonchev–Trinajstić information content (AvgIpc) is 3.05. The lowest BCUT2D eigenvalue weighted by Gasteiger charge is -2.41. The molecule has 24 heavy (non-hydrogen) atoms. The quantitative estimate of drug-likeness (QED) is 0.893. The van der Waals surface area contributed by atoms with Gasteiger partial charge in [-0.2, -0.15) is 0 Å². The van der Waals surface area contributed by atoms with E-state index in [4.69, 9.17) is 0 Å². The van der Waals surface area contributed by atoms with Gasteiger partial charge < -0.3 is 5.32 Å². The molecule has 2 amide bonds. The Morgan fingerprint density at radius 2 is 1.96 bits per heavy atom. The van der Waals surface area contributed by atoms with Gasteiger partial charge in [-0.3, -0.25) is 10.2 Å². The predicted octanol–water partition coefficient (Wildman–Crippen LogP) is 3.42. The number of amides is 2. The molecule has 0 radical (unpaired) electrons. The predicted molar refractivity (Wildman–Crippen MR) is 98.1 cm³/mol. The fraction of sp³-hybridized carbons (Fsp3) is 0.444. The van der Waals surface area contributed by atoms with Gasteiger partial charge in [-0.05, 0) is 17.4 Å². The van der Waals surface area contributed by atoms with E-state index in [2.05, 4.69) is 58.6 Å². The Morgan fingerprint density at radius 3 is 2.58 bits per heavy atom. The van der Waals surface area contributed by atoms with E-state index in [9.17, 15) is 4.79 Å². The van der Waals surface area contributed by atoms with Crippen LogP contribution < -0.4 is 10.6 Å². The van der Waals surface area contributed by atoms with Crippen LogP contribution in [0, 0.1) is 11.8 Å². The van der Waals surface area contributed by atoms with Crippen LogP contribution in [-0.2, 0) is 6.54 Å². The van der Waals surface area contributed by atoms with Gasteiger partial charge in [0.15, 0.2) is 5.13 Å². The molecule has 1 fully saturated rings. The highest BCUT2D eigenvalue weighted by Gasteiger charge is 2.32. The molecule has 2 aromatic rings. The molecule has 2 N–H and O–H groups in total. The number of piperidine rings is 1. The molecule has 1 saturated heterocycles. The summed E-state index contributed by atoms with van der Waals surface area (Å²) < 4.78 is 0. The lowest BCUT2D eigenvalue weighted by atomic mass is 9.85. The first-order valence-electron chi connectivity index (χ1n) is 8.35. The van der Waals surface area contributed by atoms with Gasteiger partial charge in [0.05, 0.1) is 0 Å². The van der Waals surface area contributed by atoms with Gasteiger partial charge in [0, 0.05) is 37.3 Å². The summed E-state index contributed by atoms with van der Waals surface area (Å²) >= 11 is 1.43. The maximum atomic E-state index is 12.2. The van der Waals surface area contributed by atoms with E-state index in [0.29, 0.717) is 17.0 Å². The highest BCUT2D eigenvalue weighted by Crippen LogP contribution is 2.24. The van der Waals surface area contributed by atoms with Crippen molar-refractivity contribution in [1.29, 1.82) is 0 Å². The minimum absolute atomic E-state index is 0.162. The van der Waals surface area contributed by atoms with E-state index in [-0.39, 0.29) is 12.1 Å². The molecular formula is C18H24N4OS. The first kappa shape index (κ1) is 16.9. The summed E-state index contributed by atoms with van der Waals surface area (Å²) in [4.78, 5) is 18.7. The van der Waals surface area contributed by atoms with E-state index in [1.165, 1.54) is 16.9 Å². The number of urea groups is 1. The number of hydrogen-bond donors (Lipinski definition) is 2. The van der Waals surface area contributed by atoms with Crippen molar-refractivity contribution < 1.29 is 4.79 Å². The van der Waals surface area contributed by atoms with E-state index >= 15 is 0 Å². The summed E-state index contributed by atoms with van der Waals surface area (Å²) in [5.74, 6) is 0.805. The van der Waals surface area contributed by atoms with Crippen molar-refractivity contribution in [2.75, 3.05) is 18.4 Å². The van der Waals surface area contributed by atoms with Crippen LogP contribution in [0.4, 0.5) is 9.93 Å². The molecule has 0 aliphatic carbocycles. The molecule has 1 aromatic heterocycles. The topological polar surface area (TPSA) is 57.3 Å². The molecule has 2 heterocycles. The van der Waals surface area contributed by atoms with Crippen molar-refractivity contribution >= 4 is 22.5 Å². The number of aromatic nitrogens is 1. The van der Waals surface area contributed by atoms with Crippen molar-refractivity contribution in [3.63, 3.8) is 0 Å². The van der Waals surface area contributed by atoms with Crippen LogP contribution in [-0.4, -0.2) is 35.0 Å². The largest absolute Gasteiger partial charge is 0.334 e. The molecule has 1 aromatic carbocycles. The maximum absolute atomic E-state index is 12.2. The third-order valence-corrected chi connectivity index (χ3v) is 5.21. The summed E-state index contributed by atoms with van der Waals surface area (Å²) in [5, 5.41) is 8.42. The van der Waals surface area contributed by atoms with Crippen molar-refractivity contribution in [2.45, 2.75) is 26.4 Å². The third kappa shape index (κ3) is 4.33. The second-order valence-electron chi connectivity index (χ2n) is 6.60. The summed E-state index contributed by atoms with van der Waals surface area (Å²) in [6.45, 7) is 7.36. The summed E-state index contributed by atoms with van der Waals surface area (Å²) in [6.07, 6.45) is 1.69. The normalized spacial score (nSPS) is 22.2. The Hall–Kier alpha value is -1.92. The maximum Gasteiger partial charge on any atom is 0.321 e. The monoisotopic (exact) mass is 344 g/mol. The molecule has 3 rings (SSSR count). The molecule has 6 heteroatoms. The summed E-state index contributed by atoms with van der Waals surface area (Å²) in [6, 6.07) is 10.6. The lowest BCUT2D eigenvalue weighted by Crippen LogP contribution is -2.55. The Bertz CT molecular complexity index is 634. The van der Waals surface area contributed by atoms with Gasteiger partial charge >= 0.3 is 6.03 Å². The highest BCUT2D eigenvalue weighted by molar-refractivity contribution is 7.13. The molecule has 1 aliphatic rings. The molecule has 5 nitrogen and oxygen atoms in total. The zero-order valence-electron chi connectivity index (χ0n) is 14.1. The number of benzene rings is 1. The van der Waals surface area contributed by atoms with Crippen molar-refractivity contribution in [3.05, 3.63) is 47.5 Å². The minimum atomic E-state index is -0.162. The van der Waals surface area contributed by atoms with Gasteiger partial charge in [0.1, 0.15) is 0 Å². The minimum Gasteiger partial charge on any atom is -0.334 e. The van der Waals surface area contributed by atoms with E-state index in [0.717, 1.165) is 19.6 Å². The van der Waals surface area contributed by atoms with Gasteiger partial charge in [0.2, 0.25) is 0 Å². The summed E-state index contributed by atoms with van der Waals surface area (Å²) in [7, 11) is 0. The van der Waals surface area contributed by atoms with Crippen molar-refractivity contribution in [2.24, 2.45) is 11.8 Å². The van der Waals surface area contributed by atoms with E-state index in [1.807, 2.05) is 11.4 Å². The number of hydrogen-bond acceptors (Lipinski definition) is 4. The standard InChI is InChI=1S/C18H24N4OS/c1-13-10-22(12-15-6-4-3-5-7-15)11-14(2)16(13)20-17(23)21-18-19-8-9-24-18/h3-9,13-14,16H,10-12H2,1-2H3,(H2,19,20,21,23)/t13-,14-/m1/s1. The van der Waals surface area contributed by atoms with E-state index < -0.39 is 0 Å². The second-order valence-corrected chi connectivity index (χ2v) is 7.49. The molecule has 0 unspecified atom stereocenters. The first-order valence-corrected chi connectivity index (χ1v) is 9.23. The Kier molecular flexibility index (Phi) is 5.48. The third-order valence-electron chi connectivity index (χ3n) is 4.52.